The first-order valence-electron chi connectivity index (χ1n) is 9.38. The fourth-order valence-corrected chi connectivity index (χ4v) is 3.12. The van der Waals surface area contributed by atoms with Gasteiger partial charge in [-0.2, -0.15) is 0 Å². The number of esters is 1. The minimum atomic E-state index is -0.564. The maximum Gasteiger partial charge on any atom is 0.311 e. The predicted molar refractivity (Wildman–Crippen MR) is 107 cm³/mol. The Bertz CT molecular complexity index is 859. The Hall–Kier alpha value is -3.15. The van der Waals surface area contributed by atoms with E-state index in [1.54, 1.807) is 4.90 Å². The second-order valence-corrected chi connectivity index (χ2v) is 6.95. The molecule has 28 heavy (non-hydrogen) atoms. The Morgan fingerprint density at radius 2 is 1.79 bits per heavy atom. The number of benzene rings is 2. The molecule has 0 bridgehead atoms. The van der Waals surface area contributed by atoms with Crippen LogP contribution in [-0.4, -0.2) is 30.9 Å². The Balaban J connectivity index is 1.49. The average Bonchev–Trinajstić information content (AvgIpc) is 3.09. The van der Waals surface area contributed by atoms with Gasteiger partial charge in [-0.25, -0.2) is 0 Å². The predicted octanol–water partition coefficient (Wildman–Crippen LogP) is 3.09. The van der Waals surface area contributed by atoms with Crippen molar-refractivity contribution in [3.8, 4) is 0 Å². The first kappa shape index (κ1) is 19.6. The van der Waals surface area contributed by atoms with E-state index in [2.05, 4.69) is 12.2 Å². The quantitative estimate of drug-likeness (QED) is 0.782. The number of carbonyl (C=O) groups is 3. The molecule has 0 aliphatic carbocycles. The zero-order chi connectivity index (χ0) is 20.1. The van der Waals surface area contributed by atoms with Gasteiger partial charge in [0, 0.05) is 24.3 Å². The number of ether oxygens (including phenoxy) is 1. The van der Waals surface area contributed by atoms with Gasteiger partial charge in [0.15, 0.2) is 6.61 Å². The fourth-order valence-electron chi connectivity index (χ4n) is 3.12. The summed E-state index contributed by atoms with van der Waals surface area (Å²) < 4.78 is 5.13. The summed E-state index contributed by atoms with van der Waals surface area (Å²) in [5.41, 5.74) is 3.69. The summed E-state index contributed by atoms with van der Waals surface area (Å²) in [7, 11) is 0. The van der Waals surface area contributed by atoms with E-state index in [-0.39, 0.29) is 25.5 Å². The van der Waals surface area contributed by atoms with Crippen molar-refractivity contribution >= 4 is 29.2 Å². The molecule has 0 aromatic heterocycles. The van der Waals surface area contributed by atoms with Crippen molar-refractivity contribution in [1.29, 1.82) is 0 Å². The molecule has 1 aliphatic heterocycles. The van der Waals surface area contributed by atoms with Gasteiger partial charge >= 0.3 is 5.97 Å². The molecule has 1 atom stereocenters. The van der Waals surface area contributed by atoms with Gasteiger partial charge in [-0.05, 0) is 43.2 Å². The molecule has 0 unspecified atom stereocenters. The van der Waals surface area contributed by atoms with Crippen LogP contribution in [0.1, 0.15) is 24.5 Å². The van der Waals surface area contributed by atoms with E-state index in [9.17, 15) is 14.4 Å². The van der Waals surface area contributed by atoms with Crippen molar-refractivity contribution in [3.05, 3.63) is 59.7 Å². The van der Waals surface area contributed by atoms with Gasteiger partial charge in [-0.15, -0.1) is 0 Å². The van der Waals surface area contributed by atoms with Crippen molar-refractivity contribution in [2.45, 2.75) is 26.7 Å². The fraction of sp³-hybridized carbons (Fsp3) is 0.318. The van der Waals surface area contributed by atoms with Crippen molar-refractivity contribution in [2.24, 2.45) is 5.92 Å². The highest BCUT2D eigenvalue weighted by atomic mass is 16.5. The molecule has 1 N–H and O–H groups in total. The van der Waals surface area contributed by atoms with Gasteiger partial charge < -0.3 is 15.0 Å². The first-order chi connectivity index (χ1) is 13.5. The molecule has 146 valence electrons. The largest absolute Gasteiger partial charge is 0.455 e. The third-order valence-corrected chi connectivity index (χ3v) is 4.80. The van der Waals surface area contributed by atoms with Crippen LogP contribution in [0.3, 0.4) is 0 Å². The van der Waals surface area contributed by atoms with Gasteiger partial charge in [0.25, 0.3) is 5.91 Å². The number of hydrogen-bond acceptors (Lipinski definition) is 4. The molecule has 0 saturated carbocycles. The standard InChI is InChI=1S/C22H24N2O4/c1-3-16-6-8-18(9-7-16)23-20(25)14-28-22(27)17-12-21(26)24(13-17)19-10-4-15(2)5-11-19/h4-11,17H,3,12-14H2,1-2H3,(H,23,25)/t17-/m0/s1. The molecule has 2 aromatic carbocycles. The summed E-state index contributed by atoms with van der Waals surface area (Å²) in [5.74, 6) is -1.62. The molecule has 2 amide bonds. The zero-order valence-corrected chi connectivity index (χ0v) is 16.1. The van der Waals surface area contributed by atoms with E-state index in [1.807, 2.05) is 55.5 Å². The number of carbonyl (C=O) groups excluding carboxylic acids is 3. The number of nitrogens with one attached hydrogen (secondary N) is 1. The van der Waals surface area contributed by atoms with E-state index in [4.69, 9.17) is 4.74 Å². The van der Waals surface area contributed by atoms with Crippen LogP contribution in [0, 0.1) is 12.8 Å². The van der Waals surface area contributed by atoms with Crippen LogP contribution < -0.4 is 10.2 Å². The second kappa shape index (κ2) is 8.69. The molecule has 6 nitrogen and oxygen atoms in total. The van der Waals surface area contributed by atoms with Crippen LogP contribution >= 0.6 is 0 Å². The van der Waals surface area contributed by atoms with Gasteiger partial charge in [0.1, 0.15) is 0 Å². The van der Waals surface area contributed by atoms with Crippen molar-refractivity contribution in [1.82, 2.24) is 0 Å². The maximum absolute atomic E-state index is 12.3. The average molecular weight is 380 g/mol. The summed E-state index contributed by atoms with van der Waals surface area (Å²) in [6.45, 7) is 3.92. The Labute approximate surface area is 164 Å². The van der Waals surface area contributed by atoms with Crippen molar-refractivity contribution in [2.75, 3.05) is 23.4 Å². The topological polar surface area (TPSA) is 75.7 Å². The number of anilines is 2. The molecule has 1 fully saturated rings. The van der Waals surface area contributed by atoms with E-state index < -0.39 is 17.8 Å². The number of hydrogen-bond donors (Lipinski definition) is 1. The summed E-state index contributed by atoms with van der Waals surface area (Å²) >= 11 is 0. The normalized spacial score (nSPS) is 16.1. The van der Waals surface area contributed by atoms with E-state index in [0.29, 0.717) is 5.69 Å². The molecule has 1 saturated heterocycles. The maximum atomic E-state index is 12.3. The Morgan fingerprint density at radius 3 is 2.43 bits per heavy atom. The molecule has 6 heteroatoms. The zero-order valence-electron chi connectivity index (χ0n) is 16.1. The minimum absolute atomic E-state index is 0.0901. The number of amides is 2. The summed E-state index contributed by atoms with van der Waals surface area (Å²) in [4.78, 5) is 38.1. The van der Waals surface area contributed by atoms with Gasteiger partial charge in [-0.3, -0.25) is 14.4 Å². The summed E-state index contributed by atoms with van der Waals surface area (Å²) in [5, 5.41) is 2.69. The highest BCUT2D eigenvalue weighted by molar-refractivity contribution is 6.00. The van der Waals surface area contributed by atoms with E-state index >= 15 is 0 Å². The van der Waals surface area contributed by atoms with Gasteiger partial charge in [0.05, 0.1) is 5.92 Å². The lowest BCUT2D eigenvalue weighted by Crippen LogP contribution is -2.28. The van der Waals surface area contributed by atoms with Crippen LogP contribution in [0.5, 0.6) is 0 Å². The van der Waals surface area contributed by atoms with E-state index in [1.165, 1.54) is 5.56 Å². The third-order valence-electron chi connectivity index (χ3n) is 4.80. The minimum Gasteiger partial charge on any atom is -0.455 e. The molecule has 1 heterocycles. The lowest BCUT2D eigenvalue weighted by Gasteiger charge is -2.16. The first-order valence-corrected chi connectivity index (χ1v) is 9.38. The van der Waals surface area contributed by atoms with E-state index in [0.717, 1.165) is 17.7 Å². The molecule has 3 rings (SSSR count). The molecule has 0 radical (unpaired) electrons. The van der Waals surface area contributed by atoms with Crippen LogP contribution in [0.15, 0.2) is 48.5 Å². The van der Waals surface area contributed by atoms with Crippen LogP contribution in [0.4, 0.5) is 11.4 Å². The van der Waals surface area contributed by atoms with Crippen LogP contribution in [0.2, 0.25) is 0 Å². The van der Waals surface area contributed by atoms with Gasteiger partial charge in [0.2, 0.25) is 5.91 Å². The SMILES string of the molecule is CCc1ccc(NC(=O)COC(=O)[C@H]2CC(=O)N(c3ccc(C)cc3)C2)cc1. The highest BCUT2D eigenvalue weighted by Crippen LogP contribution is 2.26. The number of nitrogens with zero attached hydrogens (tertiary/aromatic N) is 1. The lowest BCUT2D eigenvalue weighted by molar-refractivity contribution is -0.151. The van der Waals surface area contributed by atoms with Gasteiger partial charge in [-0.1, -0.05) is 36.8 Å². The summed E-state index contributed by atoms with van der Waals surface area (Å²) in [6.07, 6.45) is 1.01. The highest BCUT2D eigenvalue weighted by Gasteiger charge is 2.36. The smallest absolute Gasteiger partial charge is 0.311 e. The second-order valence-electron chi connectivity index (χ2n) is 6.95. The molecule has 2 aromatic rings. The molecular formula is C22H24N2O4. The van der Waals surface area contributed by atoms with Crippen LogP contribution in [-0.2, 0) is 25.5 Å². The molecular weight excluding hydrogens is 356 g/mol. The van der Waals surface area contributed by atoms with Crippen LogP contribution in [0.25, 0.3) is 0 Å². The summed E-state index contributed by atoms with van der Waals surface area (Å²) in [6, 6.07) is 15.1. The third kappa shape index (κ3) is 4.76. The Kier molecular flexibility index (Phi) is 6.09. The van der Waals surface area contributed by atoms with Crippen molar-refractivity contribution in [3.63, 3.8) is 0 Å². The molecule has 0 spiro atoms. The Morgan fingerprint density at radius 1 is 1.11 bits per heavy atom. The monoisotopic (exact) mass is 380 g/mol. The number of rotatable bonds is 6. The lowest BCUT2D eigenvalue weighted by atomic mass is 10.1. The number of aryl methyl sites for hydroxylation is 2. The molecule has 1 aliphatic rings. The van der Waals surface area contributed by atoms with Crippen molar-refractivity contribution < 1.29 is 19.1 Å².